The zero-order valence-electron chi connectivity index (χ0n) is 17.7. The number of imide groups is 1. The van der Waals surface area contributed by atoms with Gasteiger partial charge in [0.25, 0.3) is 0 Å². The SMILES string of the molecule is CCOC(=O)CCN1C(=O)[C@H]2[C@H]3[C@H](O)[C@H](O)C/C(=N\NC(=O)OCC)[C@@H]3CC[C@H]2C1=O. The van der Waals surface area contributed by atoms with Crippen LogP contribution in [0.25, 0.3) is 0 Å². The van der Waals surface area contributed by atoms with Crippen LogP contribution in [-0.4, -0.2) is 76.7 Å². The molecule has 3 aliphatic rings. The molecule has 1 aliphatic heterocycles. The number of nitrogens with one attached hydrogen (secondary N) is 1. The van der Waals surface area contributed by atoms with E-state index in [2.05, 4.69) is 10.5 Å². The Morgan fingerprint density at radius 2 is 1.77 bits per heavy atom. The Labute approximate surface area is 179 Å². The molecule has 2 saturated carbocycles. The third-order valence-electron chi connectivity index (χ3n) is 6.28. The van der Waals surface area contributed by atoms with Crippen molar-refractivity contribution >= 4 is 29.6 Å². The first kappa shape index (κ1) is 23.1. The summed E-state index contributed by atoms with van der Waals surface area (Å²) in [5, 5.41) is 25.2. The van der Waals surface area contributed by atoms with Crippen molar-refractivity contribution in [2.75, 3.05) is 19.8 Å². The Kier molecular flexibility index (Phi) is 7.26. The minimum Gasteiger partial charge on any atom is -0.466 e. The van der Waals surface area contributed by atoms with Crippen molar-refractivity contribution in [3.8, 4) is 0 Å². The van der Waals surface area contributed by atoms with Gasteiger partial charge in [0.15, 0.2) is 0 Å². The average molecular weight is 439 g/mol. The quantitative estimate of drug-likeness (QED) is 0.292. The normalized spacial score (nSPS) is 33.7. The summed E-state index contributed by atoms with van der Waals surface area (Å²) in [6, 6.07) is 0. The maximum Gasteiger partial charge on any atom is 0.427 e. The average Bonchev–Trinajstić information content (AvgIpc) is 2.98. The molecule has 0 unspecified atom stereocenters. The minimum atomic E-state index is -1.21. The van der Waals surface area contributed by atoms with Crippen LogP contribution in [0.5, 0.6) is 0 Å². The number of hydrogen-bond acceptors (Lipinski definition) is 9. The molecule has 3 amide bonds. The van der Waals surface area contributed by atoms with Crippen LogP contribution in [0.15, 0.2) is 5.10 Å². The molecule has 0 bridgehead atoms. The van der Waals surface area contributed by atoms with Crippen molar-refractivity contribution in [1.82, 2.24) is 10.3 Å². The lowest BCUT2D eigenvalue weighted by Crippen LogP contribution is -2.55. The lowest BCUT2D eigenvalue weighted by Gasteiger charge is -2.45. The standard InChI is InChI=1S/C20H29N3O8/c1-3-30-14(25)7-8-23-18(27)11-6-5-10-12(21-22-20(29)31-4-2)9-13(24)17(26)15(10)16(11)19(23)28/h10-11,13,15-17,24,26H,3-9H2,1-2H3,(H,22,29)/b21-12+/t10-,11+,13+,15-,16+,17+/m0/s1. The molecular formula is C20H29N3O8. The van der Waals surface area contributed by atoms with Crippen LogP contribution in [0.4, 0.5) is 4.79 Å². The Morgan fingerprint density at radius 3 is 2.45 bits per heavy atom. The summed E-state index contributed by atoms with van der Waals surface area (Å²) >= 11 is 0. The second-order valence-electron chi connectivity index (χ2n) is 7.97. The number of amides is 3. The zero-order chi connectivity index (χ0) is 22.7. The van der Waals surface area contributed by atoms with Gasteiger partial charge in [-0.1, -0.05) is 0 Å². The zero-order valence-corrected chi connectivity index (χ0v) is 17.7. The van der Waals surface area contributed by atoms with E-state index >= 15 is 0 Å². The highest BCUT2D eigenvalue weighted by molar-refractivity contribution is 6.06. The monoisotopic (exact) mass is 439 g/mol. The number of carbonyl (C=O) groups excluding carboxylic acids is 4. The molecule has 11 nitrogen and oxygen atoms in total. The van der Waals surface area contributed by atoms with Crippen molar-refractivity contribution < 1.29 is 38.9 Å². The molecule has 2 aliphatic carbocycles. The molecule has 172 valence electrons. The van der Waals surface area contributed by atoms with Crippen LogP contribution in [0.2, 0.25) is 0 Å². The van der Waals surface area contributed by atoms with Gasteiger partial charge in [-0.05, 0) is 26.7 Å². The molecule has 1 saturated heterocycles. The van der Waals surface area contributed by atoms with E-state index in [0.717, 1.165) is 4.90 Å². The maximum atomic E-state index is 13.1. The fourth-order valence-electron chi connectivity index (χ4n) is 5.00. The third-order valence-corrected chi connectivity index (χ3v) is 6.28. The number of aliphatic hydroxyl groups excluding tert-OH is 2. The summed E-state index contributed by atoms with van der Waals surface area (Å²) in [6.07, 6.45) is -2.29. The molecule has 31 heavy (non-hydrogen) atoms. The predicted octanol–water partition coefficient (Wildman–Crippen LogP) is -0.205. The van der Waals surface area contributed by atoms with Crippen LogP contribution in [0.3, 0.4) is 0 Å². The van der Waals surface area contributed by atoms with Crippen molar-refractivity contribution in [1.29, 1.82) is 0 Å². The summed E-state index contributed by atoms with van der Waals surface area (Å²) in [5.41, 5.74) is 2.73. The molecule has 3 fully saturated rings. The second kappa shape index (κ2) is 9.73. The van der Waals surface area contributed by atoms with Crippen LogP contribution < -0.4 is 5.43 Å². The number of aliphatic hydroxyl groups is 2. The smallest absolute Gasteiger partial charge is 0.427 e. The molecule has 1 heterocycles. The Morgan fingerprint density at radius 1 is 1.10 bits per heavy atom. The van der Waals surface area contributed by atoms with Gasteiger partial charge >= 0.3 is 12.1 Å². The molecular weight excluding hydrogens is 410 g/mol. The van der Waals surface area contributed by atoms with E-state index < -0.39 is 47.9 Å². The molecule has 6 atom stereocenters. The van der Waals surface area contributed by atoms with Crippen LogP contribution >= 0.6 is 0 Å². The number of likely N-dealkylation sites (tertiary alicyclic amines) is 1. The molecule has 0 spiro atoms. The topological polar surface area (TPSA) is 155 Å². The minimum absolute atomic E-state index is 0.0425. The van der Waals surface area contributed by atoms with E-state index in [1.165, 1.54) is 0 Å². The first-order valence-electron chi connectivity index (χ1n) is 10.7. The lowest BCUT2D eigenvalue weighted by molar-refractivity contribution is -0.145. The number of hydrogen-bond donors (Lipinski definition) is 3. The van der Waals surface area contributed by atoms with E-state index in [0.29, 0.717) is 18.6 Å². The van der Waals surface area contributed by atoms with Gasteiger partial charge in [-0.2, -0.15) is 5.10 Å². The summed E-state index contributed by atoms with van der Waals surface area (Å²) in [7, 11) is 0. The Hall–Kier alpha value is -2.53. The Bertz CT molecular complexity index is 770. The second-order valence-corrected chi connectivity index (χ2v) is 7.97. The Balaban J connectivity index is 1.79. The van der Waals surface area contributed by atoms with E-state index in [1.54, 1.807) is 13.8 Å². The molecule has 0 aromatic rings. The van der Waals surface area contributed by atoms with Crippen molar-refractivity contribution in [3.63, 3.8) is 0 Å². The van der Waals surface area contributed by atoms with Gasteiger partial charge in [0, 0.05) is 30.5 Å². The summed E-state index contributed by atoms with van der Waals surface area (Å²) in [4.78, 5) is 50.3. The number of hydrazone groups is 1. The molecule has 3 rings (SSSR count). The van der Waals surface area contributed by atoms with E-state index in [1.807, 2.05) is 0 Å². The van der Waals surface area contributed by atoms with Gasteiger partial charge < -0.3 is 19.7 Å². The largest absolute Gasteiger partial charge is 0.466 e. The van der Waals surface area contributed by atoms with Gasteiger partial charge in [0.05, 0.1) is 43.7 Å². The fourth-order valence-corrected chi connectivity index (χ4v) is 5.00. The van der Waals surface area contributed by atoms with E-state index in [-0.39, 0.29) is 44.4 Å². The molecule has 0 aromatic carbocycles. The molecule has 0 aromatic heterocycles. The van der Waals surface area contributed by atoms with Crippen LogP contribution in [0.1, 0.15) is 39.5 Å². The van der Waals surface area contributed by atoms with Crippen molar-refractivity contribution in [3.05, 3.63) is 0 Å². The van der Waals surface area contributed by atoms with Gasteiger partial charge in [-0.15, -0.1) is 0 Å². The number of fused-ring (bicyclic) bond motifs is 3. The third kappa shape index (κ3) is 4.57. The summed E-state index contributed by atoms with van der Waals surface area (Å²) in [5.74, 6) is -3.84. The van der Waals surface area contributed by atoms with Gasteiger partial charge in [0.1, 0.15) is 0 Å². The molecule has 3 N–H and O–H groups in total. The number of carbonyl (C=O) groups is 4. The van der Waals surface area contributed by atoms with Crippen LogP contribution in [0, 0.1) is 23.7 Å². The van der Waals surface area contributed by atoms with Crippen molar-refractivity contribution in [2.24, 2.45) is 28.8 Å². The number of ether oxygens (including phenoxy) is 2. The van der Waals surface area contributed by atoms with E-state index in [4.69, 9.17) is 9.47 Å². The highest BCUT2D eigenvalue weighted by Gasteiger charge is 2.59. The lowest BCUT2D eigenvalue weighted by atomic mass is 9.60. The highest BCUT2D eigenvalue weighted by atomic mass is 16.6. The first-order chi connectivity index (χ1) is 14.8. The predicted molar refractivity (Wildman–Crippen MR) is 105 cm³/mol. The van der Waals surface area contributed by atoms with Crippen molar-refractivity contribution in [2.45, 2.75) is 51.7 Å². The highest BCUT2D eigenvalue weighted by Crippen LogP contribution is 2.49. The maximum absolute atomic E-state index is 13.1. The number of nitrogens with zero attached hydrogens (tertiary/aromatic N) is 2. The number of rotatable bonds is 6. The first-order valence-corrected chi connectivity index (χ1v) is 10.7. The fraction of sp³-hybridized carbons (Fsp3) is 0.750. The summed E-state index contributed by atoms with van der Waals surface area (Å²) in [6.45, 7) is 3.63. The van der Waals surface area contributed by atoms with E-state index in [9.17, 15) is 29.4 Å². The van der Waals surface area contributed by atoms with Gasteiger partial charge in [0.2, 0.25) is 11.8 Å². The molecule has 11 heteroatoms. The van der Waals surface area contributed by atoms with Gasteiger partial charge in [-0.3, -0.25) is 19.3 Å². The van der Waals surface area contributed by atoms with Gasteiger partial charge in [-0.25, -0.2) is 10.2 Å². The van der Waals surface area contributed by atoms with Crippen LogP contribution in [-0.2, 0) is 23.9 Å². The summed E-state index contributed by atoms with van der Waals surface area (Å²) < 4.78 is 9.65. The molecule has 0 radical (unpaired) electrons. The number of esters is 1.